The van der Waals surface area contributed by atoms with E-state index >= 15 is 0 Å². The van der Waals surface area contributed by atoms with E-state index in [4.69, 9.17) is 0 Å². The zero-order valence-corrected chi connectivity index (χ0v) is 14.4. The summed E-state index contributed by atoms with van der Waals surface area (Å²) in [7, 11) is 0. The van der Waals surface area contributed by atoms with Gasteiger partial charge in [0.15, 0.2) is 5.16 Å². The summed E-state index contributed by atoms with van der Waals surface area (Å²) in [6, 6.07) is 16.3. The van der Waals surface area contributed by atoms with Crippen LogP contribution in [0.15, 0.2) is 63.4 Å². The first-order valence-corrected chi connectivity index (χ1v) is 9.53. The molecule has 0 bridgehead atoms. The fourth-order valence-corrected chi connectivity index (χ4v) is 5.02. The summed E-state index contributed by atoms with van der Waals surface area (Å²) in [5.41, 5.74) is 2.15. The number of aromatic nitrogens is 2. The number of rotatable bonds is 3. The molecule has 0 radical (unpaired) electrons. The van der Waals surface area contributed by atoms with E-state index in [1.54, 1.807) is 23.5 Å². The summed E-state index contributed by atoms with van der Waals surface area (Å²) >= 11 is 3.48. The van der Waals surface area contributed by atoms with Crippen molar-refractivity contribution in [1.29, 1.82) is 0 Å². The summed E-state index contributed by atoms with van der Waals surface area (Å²) in [5, 5.41) is 1.56. The van der Waals surface area contributed by atoms with E-state index in [1.807, 2.05) is 28.8 Å². The molecule has 0 fully saturated rings. The molecule has 2 aromatic carbocycles. The predicted octanol–water partition coefficient (Wildman–Crippen LogP) is 4.14. The third kappa shape index (κ3) is 2.79. The van der Waals surface area contributed by atoms with Gasteiger partial charge in [-0.2, -0.15) is 0 Å². The number of fused-ring (bicyclic) bond motifs is 2. The molecule has 0 unspecified atom stereocenters. The van der Waals surface area contributed by atoms with Crippen molar-refractivity contribution in [3.63, 3.8) is 0 Å². The molecule has 0 N–H and O–H groups in total. The lowest BCUT2D eigenvalue weighted by atomic mass is 10.2. The van der Waals surface area contributed by atoms with Gasteiger partial charge in [0.1, 0.15) is 0 Å². The molecule has 116 valence electrons. The van der Waals surface area contributed by atoms with Crippen molar-refractivity contribution in [2.45, 2.75) is 23.0 Å². The van der Waals surface area contributed by atoms with E-state index in [-0.39, 0.29) is 11.6 Å². The van der Waals surface area contributed by atoms with Crippen LogP contribution in [0.25, 0.3) is 10.9 Å². The fourth-order valence-electron chi connectivity index (χ4n) is 2.74. The second-order valence-electron chi connectivity index (χ2n) is 5.68. The van der Waals surface area contributed by atoms with Gasteiger partial charge in [-0.25, -0.2) is 4.98 Å². The number of para-hydroxylation sites is 1. The van der Waals surface area contributed by atoms with Gasteiger partial charge in [0, 0.05) is 16.4 Å². The van der Waals surface area contributed by atoms with Crippen LogP contribution in [0.2, 0.25) is 0 Å². The molecule has 0 aliphatic carbocycles. The maximum atomic E-state index is 12.8. The molecule has 0 amide bonds. The quantitative estimate of drug-likeness (QED) is 0.530. The number of hydrogen-bond donors (Lipinski definition) is 0. The summed E-state index contributed by atoms with van der Waals surface area (Å²) in [5.74, 6) is 1.81. The number of aryl methyl sites for hydroxylation is 1. The highest BCUT2D eigenvalue weighted by Gasteiger charge is 2.26. The highest BCUT2D eigenvalue weighted by atomic mass is 32.2. The molecule has 5 heteroatoms. The van der Waals surface area contributed by atoms with E-state index in [2.05, 4.69) is 36.2 Å². The smallest absolute Gasteiger partial charge is 0.262 e. The number of nitrogens with zero attached hydrogens (tertiary/aromatic N) is 2. The SMILES string of the molecule is Cc1ccc(SC[C@H]2CSc3nc4ccccc4c(=O)n32)cc1. The van der Waals surface area contributed by atoms with Crippen molar-refractivity contribution in [1.82, 2.24) is 9.55 Å². The van der Waals surface area contributed by atoms with Crippen LogP contribution in [-0.4, -0.2) is 21.1 Å². The molecule has 1 aromatic heterocycles. The van der Waals surface area contributed by atoms with Crippen LogP contribution in [-0.2, 0) is 0 Å². The van der Waals surface area contributed by atoms with Crippen LogP contribution < -0.4 is 5.56 Å². The summed E-state index contributed by atoms with van der Waals surface area (Å²) in [6.45, 7) is 2.09. The second-order valence-corrected chi connectivity index (χ2v) is 7.76. The molecule has 3 nitrogen and oxygen atoms in total. The molecule has 2 heterocycles. The van der Waals surface area contributed by atoms with Crippen molar-refractivity contribution in [3.05, 3.63) is 64.4 Å². The Labute approximate surface area is 143 Å². The lowest BCUT2D eigenvalue weighted by Crippen LogP contribution is -2.25. The minimum Gasteiger partial charge on any atom is -0.282 e. The summed E-state index contributed by atoms with van der Waals surface area (Å²) < 4.78 is 1.88. The largest absolute Gasteiger partial charge is 0.282 e. The topological polar surface area (TPSA) is 34.9 Å². The van der Waals surface area contributed by atoms with Gasteiger partial charge in [-0.15, -0.1) is 11.8 Å². The predicted molar refractivity (Wildman–Crippen MR) is 97.7 cm³/mol. The van der Waals surface area contributed by atoms with Crippen molar-refractivity contribution in [3.8, 4) is 0 Å². The molecular formula is C18H16N2OS2. The van der Waals surface area contributed by atoms with Crippen molar-refractivity contribution < 1.29 is 0 Å². The molecule has 0 spiro atoms. The van der Waals surface area contributed by atoms with Crippen molar-refractivity contribution in [2.24, 2.45) is 0 Å². The zero-order valence-electron chi connectivity index (χ0n) is 12.7. The Morgan fingerprint density at radius 3 is 2.83 bits per heavy atom. The van der Waals surface area contributed by atoms with Gasteiger partial charge in [-0.05, 0) is 31.2 Å². The Kier molecular flexibility index (Phi) is 3.91. The maximum absolute atomic E-state index is 12.8. The molecule has 23 heavy (non-hydrogen) atoms. The average molecular weight is 340 g/mol. The van der Waals surface area contributed by atoms with Gasteiger partial charge in [0.25, 0.3) is 5.56 Å². The molecule has 3 aromatic rings. The third-order valence-electron chi connectivity index (χ3n) is 4.01. The summed E-state index contributed by atoms with van der Waals surface area (Å²) in [6.07, 6.45) is 0. The normalized spacial score (nSPS) is 16.7. The van der Waals surface area contributed by atoms with Crippen LogP contribution in [0.1, 0.15) is 11.6 Å². The number of hydrogen-bond acceptors (Lipinski definition) is 4. The Morgan fingerprint density at radius 2 is 2.00 bits per heavy atom. The minimum atomic E-state index is 0.0881. The zero-order chi connectivity index (χ0) is 15.8. The molecule has 0 saturated carbocycles. The second kappa shape index (κ2) is 6.06. The first kappa shape index (κ1) is 14.8. The van der Waals surface area contributed by atoms with Crippen molar-refractivity contribution >= 4 is 34.4 Å². The monoisotopic (exact) mass is 340 g/mol. The molecule has 0 saturated heterocycles. The molecular weight excluding hydrogens is 324 g/mol. The first-order chi connectivity index (χ1) is 11.2. The van der Waals surface area contributed by atoms with Crippen LogP contribution in [0.3, 0.4) is 0 Å². The Morgan fingerprint density at radius 1 is 1.22 bits per heavy atom. The van der Waals surface area contributed by atoms with E-state index in [1.165, 1.54) is 10.5 Å². The molecule has 1 aliphatic rings. The van der Waals surface area contributed by atoms with Crippen molar-refractivity contribution in [2.75, 3.05) is 11.5 Å². The molecule has 1 aliphatic heterocycles. The third-order valence-corrected chi connectivity index (χ3v) is 6.26. The van der Waals surface area contributed by atoms with Crippen LogP contribution >= 0.6 is 23.5 Å². The van der Waals surface area contributed by atoms with Gasteiger partial charge in [0.05, 0.1) is 16.9 Å². The van der Waals surface area contributed by atoms with Gasteiger partial charge in [-0.1, -0.05) is 41.6 Å². The highest BCUT2D eigenvalue weighted by molar-refractivity contribution is 8.00. The lowest BCUT2D eigenvalue weighted by Gasteiger charge is -2.13. The number of benzene rings is 2. The van der Waals surface area contributed by atoms with E-state index in [0.29, 0.717) is 5.39 Å². The van der Waals surface area contributed by atoms with Crippen LogP contribution in [0.5, 0.6) is 0 Å². The Bertz CT molecular complexity index is 918. The lowest BCUT2D eigenvalue weighted by molar-refractivity contribution is 0.558. The standard InChI is InChI=1S/C18H16N2OS2/c1-12-6-8-14(9-7-12)22-10-13-11-23-18-19-16-5-3-2-4-15(16)17(21)20(13)18/h2-9,13H,10-11H2,1H3/t13-/m0/s1. The van der Waals surface area contributed by atoms with E-state index in [9.17, 15) is 4.79 Å². The molecule has 4 rings (SSSR count). The van der Waals surface area contributed by atoms with Crippen LogP contribution in [0, 0.1) is 6.92 Å². The van der Waals surface area contributed by atoms with Crippen LogP contribution in [0.4, 0.5) is 0 Å². The van der Waals surface area contributed by atoms with E-state index < -0.39 is 0 Å². The molecule has 1 atom stereocenters. The summed E-state index contributed by atoms with van der Waals surface area (Å²) in [4.78, 5) is 18.7. The Balaban J connectivity index is 1.63. The van der Waals surface area contributed by atoms with Gasteiger partial charge < -0.3 is 0 Å². The fraction of sp³-hybridized carbons (Fsp3) is 0.222. The highest BCUT2D eigenvalue weighted by Crippen LogP contribution is 2.34. The minimum absolute atomic E-state index is 0.0881. The van der Waals surface area contributed by atoms with Gasteiger partial charge in [0.2, 0.25) is 0 Å². The maximum Gasteiger partial charge on any atom is 0.262 e. The Hall–Kier alpha value is -1.72. The van der Waals surface area contributed by atoms with Gasteiger partial charge >= 0.3 is 0 Å². The van der Waals surface area contributed by atoms with E-state index in [0.717, 1.165) is 22.2 Å². The first-order valence-electron chi connectivity index (χ1n) is 7.56. The number of thioether (sulfide) groups is 2. The average Bonchev–Trinajstić information content (AvgIpc) is 2.98. The van der Waals surface area contributed by atoms with Gasteiger partial charge in [-0.3, -0.25) is 9.36 Å².